The Bertz CT molecular complexity index is 369. The lowest BCUT2D eigenvalue weighted by Gasteiger charge is -2.07. The van der Waals surface area contributed by atoms with Crippen molar-refractivity contribution in [2.24, 2.45) is 0 Å². The van der Waals surface area contributed by atoms with Crippen molar-refractivity contribution in [2.45, 2.75) is 27.3 Å². The number of aryl methyl sites for hydroxylation is 1. The van der Waals surface area contributed by atoms with Crippen LogP contribution < -0.4 is 5.32 Å². The molecule has 0 aliphatic rings. The Morgan fingerprint density at radius 2 is 2.12 bits per heavy atom. The molecule has 0 aliphatic carbocycles. The monoisotopic (exact) mass is 224 g/mol. The number of amides is 1. The molecule has 1 rings (SSSR count). The summed E-state index contributed by atoms with van der Waals surface area (Å²) >= 11 is 0. The van der Waals surface area contributed by atoms with Gasteiger partial charge in [-0.3, -0.25) is 4.79 Å². The average molecular weight is 224 g/mol. The van der Waals surface area contributed by atoms with Crippen LogP contribution in [0.3, 0.4) is 0 Å². The number of aromatic nitrogens is 1. The van der Waals surface area contributed by atoms with E-state index < -0.39 is 0 Å². The number of ether oxygens (including phenoxy) is 1. The van der Waals surface area contributed by atoms with E-state index in [-0.39, 0.29) is 5.91 Å². The number of hydrogen-bond acceptors (Lipinski definition) is 2. The van der Waals surface area contributed by atoms with E-state index in [0.717, 1.165) is 5.69 Å². The van der Waals surface area contributed by atoms with Gasteiger partial charge in [0.15, 0.2) is 0 Å². The van der Waals surface area contributed by atoms with Crippen LogP contribution >= 0.6 is 0 Å². The van der Waals surface area contributed by atoms with Crippen LogP contribution in [0.5, 0.6) is 0 Å². The number of nitrogens with one attached hydrogen (secondary N) is 1. The second kappa shape index (κ2) is 5.70. The van der Waals surface area contributed by atoms with Gasteiger partial charge in [0, 0.05) is 25.5 Å². The largest absolute Gasteiger partial charge is 0.383 e. The number of methoxy groups -OCH3 is 1. The minimum atomic E-state index is 0.0233. The molecule has 0 atom stereocenters. The van der Waals surface area contributed by atoms with Gasteiger partial charge in [0.1, 0.15) is 6.54 Å². The van der Waals surface area contributed by atoms with Crippen molar-refractivity contribution in [3.63, 3.8) is 0 Å². The zero-order valence-corrected chi connectivity index (χ0v) is 10.5. The Labute approximate surface area is 96.6 Å². The lowest BCUT2D eigenvalue weighted by Crippen LogP contribution is -2.30. The van der Waals surface area contributed by atoms with Crippen LogP contribution in [-0.4, -0.2) is 30.7 Å². The Kier molecular flexibility index (Phi) is 4.55. The van der Waals surface area contributed by atoms with Crippen LogP contribution in [0.25, 0.3) is 0 Å². The lowest BCUT2D eigenvalue weighted by atomic mass is 10.2. The van der Waals surface area contributed by atoms with Gasteiger partial charge in [-0.15, -0.1) is 0 Å². The molecule has 1 amide bonds. The summed E-state index contributed by atoms with van der Waals surface area (Å²) in [5.41, 5.74) is 3.63. The third kappa shape index (κ3) is 3.10. The molecule has 1 heterocycles. The molecule has 0 saturated heterocycles. The van der Waals surface area contributed by atoms with E-state index in [0.29, 0.717) is 19.7 Å². The number of nitrogens with zero attached hydrogens (tertiary/aromatic N) is 1. The van der Waals surface area contributed by atoms with Crippen molar-refractivity contribution in [2.75, 3.05) is 20.3 Å². The fourth-order valence-electron chi connectivity index (χ4n) is 1.60. The maximum absolute atomic E-state index is 11.6. The van der Waals surface area contributed by atoms with E-state index in [1.807, 2.05) is 17.7 Å². The summed E-state index contributed by atoms with van der Waals surface area (Å²) in [7, 11) is 1.62. The van der Waals surface area contributed by atoms with Gasteiger partial charge >= 0.3 is 0 Å². The molecule has 1 aromatic heterocycles. The molecule has 4 nitrogen and oxygen atoms in total. The first kappa shape index (κ1) is 12.8. The lowest BCUT2D eigenvalue weighted by molar-refractivity contribution is -0.121. The van der Waals surface area contributed by atoms with E-state index in [4.69, 9.17) is 4.74 Å². The quantitative estimate of drug-likeness (QED) is 0.763. The average Bonchev–Trinajstić information content (AvgIpc) is 2.47. The van der Waals surface area contributed by atoms with E-state index in [1.165, 1.54) is 11.1 Å². The Morgan fingerprint density at radius 1 is 1.44 bits per heavy atom. The summed E-state index contributed by atoms with van der Waals surface area (Å²) in [6.07, 6.45) is 2.01. The molecule has 4 heteroatoms. The van der Waals surface area contributed by atoms with Crippen molar-refractivity contribution in [3.8, 4) is 0 Å². The molecule has 1 N–H and O–H groups in total. The molecular formula is C12H20N2O2. The van der Waals surface area contributed by atoms with Crippen molar-refractivity contribution in [1.82, 2.24) is 9.88 Å². The maximum atomic E-state index is 11.6. The summed E-state index contributed by atoms with van der Waals surface area (Å²) in [6, 6.07) is 0. The molecule has 90 valence electrons. The molecule has 0 aliphatic heterocycles. The topological polar surface area (TPSA) is 43.3 Å². The zero-order chi connectivity index (χ0) is 12.1. The molecule has 0 spiro atoms. The molecule has 0 unspecified atom stereocenters. The summed E-state index contributed by atoms with van der Waals surface area (Å²) in [5.74, 6) is 0.0233. The number of rotatable bonds is 5. The van der Waals surface area contributed by atoms with Crippen LogP contribution in [0.4, 0.5) is 0 Å². The first-order chi connectivity index (χ1) is 7.56. The van der Waals surface area contributed by atoms with Crippen molar-refractivity contribution in [3.05, 3.63) is 23.0 Å². The van der Waals surface area contributed by atoms with Crippen molar-refractivity contribution >= 4 is 5.91 Å². The summed E-state index contributed by atoms with van der Waals surface area (Å²) in [6.45, 7) is 7.66. The highest BCUT2D eigenvalue weighted by molar-refractivity contribution is 5.75. The summed E-state index contributed by atoms with van der Waals surface area (Å²) in [4.78, 5) is 11.6. The van der Waals surface area contributed by atoms with Gasteiger partial charge in [0.05, 0.1) is 6.61 Å². The third-order valence-corrected chi connectivity index (χ3v) is 2.86. The minimum Gasteiger partial charge on any atom is -0.383 e. The van der Waals surface area contributed by atoms with E-state index in [2.05, 4.69) is 19.2 Å². The van der Waals surface area contributed by atoms with Crippen LogP contribution in [0.15, 0.2) is 6.20 Å². The Hall–Kier alpha value is -1.29. The molecule has 0 bridgehead atoms. The normalized spacial score (nSPS) is 10.5. The van der Waals surface area contributed by atoms with E-state index in [9.17, 15) is 4.79 Å². The fraction of sp³-hybridized carbons (Fsp3) is 0.583. The first-order valence-electron chi connectivity index (χ1n) is 5.44. The van der Waals surface area contributed by atoms with Gasteiger partial charge in [0.2, 0.25) is 5.91 Å². The van der Waals surface area contributed by atoms with Crippen LogP contribution in [0.2, 0.25) is 0 Å². The predicted molar refractivity (Wildman–Crippen MR) is 63.5 cm³/mol. The predicted octanol–water partition coefficient (Wildman–Crippen LogP) is 1.18. The van der Waals surface area contributed by atoms with Crippen molar-refractivity contribution in [1.29, 1.82) is 0 Å². The van der Waals surface area contributed by atoms with Crippen molar-refractivity contribution < 1.29 is 9.53 Å². The number of carbonyl (C=O) groups excluding carboxylic acids is 1. The molecule has 1 aromatic rings. The Morgan fingerprint density at radius 3 is 2.62 bits per heavy atom. The highest BCUT2D eigenvalue weighted by Gasteiger charge is 2.08. The van der Waals surface area contributed by atoms with Crippen LogP contribution in [0.1, 0.15) is 16.8 Å². The highest BCUT2D eigenvalue weighted by atomic mass is 16.5. The van der Waals surface area contributed by atoms with E-state index in [1.54, 1.807) is 7.11 Å². The molecule has 16 heavy (non-hydrogen) atoms. The Balaban J connectivity index is 2.53. The van der Waals surface area contributed by atoms with Gasteiger partial charge < -0.3 is 14.6 Å². The second-order valence-corrected chi connectivity index (χ2v) is 3.99. The highest BCUT2D eigenvalue weighted by Crippen LogP contribution is 2.13. The standard InChI is InChI=1S/C12H20N2O2/c1-9-7-14(11(3)10(9)2)8-12(15)13-5-6-16-4/h7H,5-6,8H2,1-4H3,(H,13,15). The molecular weight excluding hydrogens is 204 g/mol. The first-order valence-corrected chi connectivity index (χ1v) is 5.44. The maximum Gasteiger partial charge on any atom is 0.240 e. The number of hydrogen-bond donors (Lipinski definition) is 1. The van der Waals surface area contributed by atoms with Gasteiger partial charge in [-0.25, -0.2) is 0 Å². The molecule has 0 radical (unpaired) electrons. The SMILES string of the molecule is COCCNC(=O)Cn1cc(C)c(C)c1C. The smallest absolute Gasteiger partial charge is 0.240 e. The molecule has 0 aromatic carbocycles. The van der Waals surface area contributed by atoms with Crippen LogP contribution in [-0.2, 0) is 16.1 Å². The van der Waals surface area contributed by atoms with Gasteiger partial charge in [-0.1, -0.05) is 0 Å². The molecule has 0 fully saturated rings. The fourth-order valence-corrected chi connectivity index (χ4v) is 1.60. The second-order valence-electron chi connectivity index (χ2n) is 3.99. The third-order valence-electron chi connectivity index (χ3n) is 2.86. The van der Waals surface area contributed by atoms with Crippen LogP contribution in [0, 0.1) is 20.8 Å². The van der Waals surface area contributed by atoms with Gasteiger partial charge in [0.25, 0.3) is 0 Å². The number of carbonyl (C=O) groups is 1. The van der Waals surface area contributed by atoms with Gasteiger partial charge in [-0.2, -0.15) is 0 Å². The minimum absolute atomic E-state index is 0.0233. The zero-order valence-electron chi connectivity index (χ0n) is 10.5. The summed E-state index contributed by atoms with van der Waals surface area (Å²) < 4.78 is 6.85. The van der Waals surface area contributed by atoms with E-state index >= 15 is 0 Å². The summed E-state index contributed by atoms with van der Waals surface area (Å²) in [5, 5.41) is 2.80. The molecule has 0 saturated carbocycles. The van der Waals surface area contributed by atoms with Gasteiger partial charge in [-0.05, 0) is 31.9 Å².